The number of carbonyl (C=O) groups excluding carboxylic acids is 1. The maximum absolute atomic E-state index is 12.3. The van der Waals surface area contributed by atoms with Gasteiger partial charge in [0.2, 0.25) is 5.91 Å². The number of benzene rings is 2. The van der Waals surface area contributed by atoms with Crippen LogP contribution in [0, 0.1) is 0 Å². The van der Waals surface area contributed by atoms with Crippen LogP contribution in [0.3, 0.4) is 0 Å². The third kappa shape index (κ3) is 4.56. The van der Waals surface area contributed by atoms with Gasteiger partial charge < -0.3 is 20.5 Å². The van der Waals surface area contributed by atoms with E-state index in [0.29, 0.717) is 0 Å². The molecular weight excluding hydrogens is 372 g/mol. The van der Waals surface area contributed by atoms with Crippen LogP contribution in [-0.4, -0.2) is 32.8 Å². The summed E-state index contributed by atoms with van der Waals surface area (Å²) in [6.45, 7) is 0.166. The minimum atomic E-state index is -0.720. The Balaban J connectivity index is 2.33. The van der Waals surface area contributed by atoms with Crippen LogP contribution in [0.2, 0.25) is 0 Å². The van der Waals surface area contributed by atoms with E-state index in [2.05, 4.69) is 21.2 Å². The van der Waals surface area contributed by atoms with Crippen LogP contribution >= 0.6 is 15.9 Å². The fraction of sp³-hybridized carbons (Fsp3) is 0.278. The van der Waals surface area contributed by atoms with Crippen molar-refractivity contribution in [1.29, 1.82) is 0 Å². The normalized spacial score (nSPS) is 13.2. The lowest BCUT2D eigenvalue weighted by Gasteiger charge is -2.22. The van der Waals surface area contributed by atoms with Crippen LogP contribution in [0.4, 0.5) is 0 Å². The Labute approximate surface area is 150 Å². The first-order valence-electron chi connectivity index (χ1n) is 7.50. The van der Waals surface area contributed by atoms with Crippen molar-refractivity contribution in [3.05, 3.63) is 64.1 Å². The smallest absolute Gasteiger partial charge is 0.240 e. The summed E-state index contributed by atoms with van der Waals surface area (Å²) >= 11 is 3.49. The number of carbonyl (C=O) groups is 1. The van der Waals surface area contributed by atoms with Gasteiger partial charge in [0.1, 0.15) is 11.8 Å². The topological polar surface area (TPSA) is 73.6 Å². The third-order valence-corrected chi connectivity index (χ3v) is 4.23. The molecule has 2 rings (SSSR count). The molecule has 2 atom stereocenters. The van der Waals surface area contributed by atoms with Crippen LogP contribution in [-0.2, 0) is 9.53 Å². The Morgan fingerprint density at radius 3 is 2.46 bits per heavy atom. The summed E-state index contributed by atoms with van der Waals surface area (Å²) in [5, 5.41) is 2.99. The second-order valence-electron chi connectivity index (χ2n) is 5.31. The molecule has 3 N–H and O–H groups in total. The quantitative estimate of drug-likeness (QED) is 0.759. The molecule has 24 heavy (non-hydrogen) atoms. The molecular formula is C18H21BrN2O3. The predicted molar refractivity (Wildman–Crippen MR) is 97.0 cm³/mol. The van der Waals surface area contributed by atoms with Crippen molar-refractivity contribution >= 4 is 21.8 Å². The number of amides is 1. The summed E-state index contributed by atoms with van der Waals surface area (Å²) in [7, 11) is 3.13. The third-order valence-electron chi connectivity index (χ3n) is 3.61. The van der Waals surface area contributed by atoms with Gasteiger partial charge in [0, 0.05) is 7.11 Å². The molecule has 0 heterocycles. The summed E-state index contributed by atoms with van der Waals surface area (Å²) in [4.78, 5) is 12.3. The van der Waals surface area contributed by atoms with Gasteiger partial charge in [0.15, 0.2) is 0 Å². The number of ether oxygens (including phenoxy) is 2. The molecule has 5 nitrogen and oxygen atoms in total. The van der Waals surface area contributed by atoms with Crippen LogP contribution < -0.4 is 15.8 Å². The largest absolute Gasteiger partial charge is 0.496 e. The molecule has 2 aromatic carbocycles. The van der Waals surface area contributed by atoms with Gasteiger partial charge >= 0.3 is 0 Å². The van der Waals surface area contributed by atoms with E-state index >= 15 is 0 Å². The number of nitrogens with one attached hydrogen (secondary N) is 1. The van der Waals surface area contributed by atoms with Crippen LogP contribution in [0.15, 0.2) is 53.0 Å². The lowest BCUT2D eigenvalue weighted by Crippen LogP contribution is -2.45. The van der Waals surface area contributed by atoms with Crippen molar-refractivity contribution in [2.45, 2.75) is 12.1 Å². The van der Waals surface area contributed by atoms with Gasteiger partial charge in [-0.25, -0.2) is 0 Å². The van der Waals surface area contributed by atoms with Crippen LogP contribution in [0.1, 0.15) is 17.2 Å². The van der Waals surface area contributed by atoms with Crippen molar-refractivity contribution in [3.63, 3.8) is 0 Å². The molecule has 2 aromatic rings. The molecule has 0 saturated carbocycles. The van der Waals surface area contributed by atoms with Crippen LogP contribution in [0.5, 0.6) is 5.75 Å². The zero-order chi connectivity index (χ0) is 17.5. The van der Waals surface area contributed by atoms with Crippen molar-refractivity contribution in [2.24, 2.45) is 5.73 Å². The minimum absolute atomic E-state index is 0.166. The average molecular weight is 393 g/mol. The van der Waals surface area contributed by atoms with E-state index in [9.17, 15) is 4.79 Å². The first-order valence-corrected chi connectivity index (χ1v) is 8.29. The monoisotopic (exact) mass is 392 g/mol. The summed E-state index contributed by atoms with van der Waals surface area (Å²) in [5.74, 6) is 0.464. The number of hydrogen-bond donors (Lipinski definition) is 2. The molecule has 6 heteroatoms. The van der Waals surface area contributed by atoms with Gasteiger partial charge in [-0.2, -0.15) is 0 Å². The van der Waals surface area contributed by atoms with E-state index in [4.69, 9.17) is 15.2 Å². The second kappa shape index (κ2) is 8.82. The Hall–Kier alpha value is -1.89. The zero-order valence-electron chi connectivity index (χ0n) is 13.7. The summed E-state index contributed by atoms with van der Waals surface area (Å²) < 4.78 is 11.0. The standard InChI is InChI=1S/C18H21BrN2O3/c1-23-11-15(20)18(22)21-17(12-6-4-3-5-7-12)13-8-9-16(24-2)14(19)10-13/h3-10,15,17H,11,20H2,1-2H3,(H,21,22). The van der Waals surface area contributed by atoms with Gasteiger partial charge in [-0.05, 0) is 39.2 Å². The number of halogens is 1. The SMILES string of the molecule is COCC(N)C(=O)NC(c1ccccc1)c1ccc(OC)c(Br)c1. The second-order valence-corrected chi connectivity index (χ2v) is 6.16. The van der Waals surface area contributed by atoms with Crippen molar-refractivity contribution in [2.75, 3.05) is 20.8 Å². The Kier molecular flexibility index (Phi) is 6.78. The first kappa shape index (κ1) is 18.4. The Morgan fingerprint density at radius 2 is 1.88 bits per heavy atom. The van der Waals surface area contributed by atoms with E-state index in [1.807, 2.05) is 48.5 Å². The van der Waals surface area contributed by atoms with Crippen molar-refractivity contribution in [1.82, 2.24) is 5.32 Å². The zero-order valence-corrected chi connectivity index (χ0v) is 15.2. The van der Waals surface area contributed by atoms with E-state index < -0.39 is 6.04 Å². The number of nitrogens with two attached hydrogens (primary N) is 1. The van der Waals surface area contributed by atoms with E-state index in [-0.39, 0.29) is 18.6 Å². The molecule has 0 radical (unpaired) electrons. The van der Waals surface area contributed by atoms with Gasteiger partial charge in [-0.3, -0.25) is 4.79 Å². The summed E-state index contributed by atoms with van der Waals surface area (Å²) in [5.41, 5.74) is 7.73. The average Bonchev–Trinajstić information content (AvgIpc) is 2.60. The van der Waals surface area contributed by atoms with Gasteiger partial charge in [0.05, 0.1) is 24.2 Å². The molecule has 1 amide bonds. The van der Waals surface area contributed by atoms with Gasteiger partial charge in [-0.1, -0.05) is 36.4 Å². The lowest BCUT2D eigenvalue weighted by atomic mass is 9.98. The van der Waals surface area contributed by atoms with Gasteiger partial charge in [0.25, 0.3) is 0 Å². The molecule has 0 aliphatic rings. The van der Waals surface area contributed by atoms with Crippen LogP contribution in [0.25, 0.3) is 0 Å². The Bertz CT molecular complexity index is 679. The molecule has 0 aromatic heterocycles. The molecule has 0 fully saturated rings. The number of hydrogen-bond acceptors (Lipinski definition) is 4. The van der Waals surface area contributed by atoms with Crippen molar-refractivity contribution < 1.29 is 14.3 Å². The van der Waals surface area contributed by atoms with Crippen molar-refractivity contribution in [3.8, 4) is 5.75 Å². The van der Waals surface area contributed by atoms with E-state index in [1.165, 1.54) is 7.11 Å². The highest BCUT2D eigenvalue weighted by atomic mass is 79.9. The molecule has 2 unspecified atom stereocenters. The van der Waals surface area contributed by atoms with E-state index in [0.717, 1.165) is 21.3 Å². The number of rotatable bonds is 7. The summed E-state index contributed by atoms with van der Waals surface area (Å²) in [6, 6.07) is 14.4. The molecule has 0 aliphatic heterocycles. The summed E-state index contributed by atoms with van der Waals surface area (Å²) in [6.07, 6.45) is 0. The predicted octanol–water partition coefficient (Wildman–Crippen LogP) is 2.64. The highest BCUT2D eigenvalue weighted by Gasteiger charge is 2.21. The van der Waals surface area contributed by atoms with Gasteiger partial charge in [-0.15, -0.1) is 0 Å². The maximum Gasteiger partial charge on any atom is 0.240 e. The highest BCUT2D eigenvalue weighted by Crippen LogP contribution is 2.30. The molecule has 0 aliphatic carbocycles. The lowest BCUT2D eigenvalue weighted by molar-refractivity contribution is -0.123. The van der Waals surface area contributed by atoms with E-state index in [1.54, 1.807) is 7.11 Å². The molecule has 128 valence electrons. The first-order chi connectivity index (χ1) is 11.6. The highest BCUT2D eigenvalue weighted by molar-refractivity contribution is 9.10. The minimum Gasteiger partial charge on any atom is -0.496 e. The molecule has 0 saturated heterocycles. The fourth-order valence-electron chi connectivity index (χ4n) is 2.37. The number of methoxy groups -OCH3 is 2. The molecule has 0 spiro atoms. The fourth-order valence-corrected chi connectivity index (χ4v) is 2.93. The Morgan fingerprint density at radius 1 is 1.17 bits per heavy atom. The molecule has 0 bridgehead atoms. The maximum atomic E-state index is 12.3.